The Morgan fingerprint density at radius 3 is 2.11 bits per heavy atom. The van der Waals surface area contributed by atoms with E-state index in [1.165, 1.54) is 24.1 Å². The molecule has 3 aromatic rings. The number of hydrogen-bond acceptors (Lipinski definition) is 7. The van der Waals surface area contributed by atoms with Crippen molar-refractivity contribution in [2.75, 3.05) is 13.7 Å². The number of methoxy groups -OCH3 is 1. The highest BCUT2D eigenvalue weighted by Gasteiger charge is 2.46. The Hall–Kier alpha value is -4.59. The minimum absolute atomic E-state index is 0.0288. The molecule has 1 unspecified atom stereocenters. The number of hydrogen-bond donors (Lipinski definition) is 2. The highest BCUT2D eigenvalue weighted by atomic mass is 16.5. The van der Waals surface area contributed by atoms with Gasteiger partial charge in [0.25, 0.3) is 11.7 Å². The lowest BCUT2D eigenvalue weighted by Crippen LogP contribution is -2.29. The second-order valence-electron chi connectivity index (χ2n) is 9.44. The first-order valence-electron chi connectivity index (χ1n) is 12.2. The van der Waals surface area contributed by atoms with Gasteiger partial charge in [-0.3, -0.25) is 9.59 Å². The van der Waals surface area contributed by atoms with E-state index in [-0.39, 0.29) is 23.6 Å². The van der Waals surface area contributed by atoms with Crippen LogP contribution in [-0.4, -0.2) is 46.5 Å². The number of aliphatic hydroxyl groups is 1. The summed E-state index contributed by atoms with van der Waals surface area (Å²) in [7, 11) is 1.29. The van der Waals surface area contributed by atoms with E-state index in [0.717, 1.165) is 0 Å². The average molecular weight is 516 g/mol. The van der Waals surface area contributed by atoms with Gasteiger partial charge in [0.2, 0.25) is 0 Å². The van der Waals surface area contributed by atoms with Crippen molar-refractivity contribution in [3.63, 3.8) is 0 Å². The highest BCUT2D eigenvalue weighted by molar-refractivity contribution is 6.46. The molecule has 1 atom stereocenters. The van der Waals surface area contributed by atoms with Gasteiger partial charge in [-0.25, -0.2) is 4.79 Å². The largest absolute Gasteiger partial charge is 0.508 e. The van der Waals surface area contributed by atoms with Crippen molar-refractivity contribution in [1.82, 2.24) is 4.90 Å². The maximum absolute atomic E-state index is 13.3. The third-order valence-electron chi connectivity index (χ3n) is 6.19. The molecule has 1 aliphatic heterocycles. The quantitative estimate of drug-likeness (QED) is 0.191. The number of ether oxygens (including phenoxy) is 2. The van der Waals surface area contributed by atoms with Crippen molar-refractivity contribution >= 4 is 23.4 Å². The number of phenolic OH excluding ortho intramolecular Hbond substituents is 1. The van der Waals surface area contributed by atoms with Gasteiger partial charge >= 0.3 is 5.97 Å². The topological polar surface area (TPSA) is 113 Å². The van der Waals surface area contributed by atoms with Crippen LogP contribution >= 0.6 is 0 Å². The molecule has 4 rings (SSSR count). The number of carbonyl (C=O) groups excluding carboxylic acids is 3. The summed E-state index contributed by atoms with van der Waals surface area (Å²) in [5.74, 6) is -1.36. The predicted molar refractivity (Wildman–Crippen MR) is 141 cm³/mol. The van der Waals surface area contributed by atoms with Crippen LogP contribution in [0.15, 0.2) is 78.4 Å². The summed E-state index contributed by atoms with van der Waals surface area (Å²) >= 11 is 0. The number of aliphatic hydroxyl groups excluding tert-OH is 1. The van der Waals surface area contributed by atoms with Gasteiger partial charge in [-0.1, -0.05) is 38.1 Å². The highest BCUT2D eigenvalue weighted by Crippen LogP contribution is 2.40. The van der Waals surface area contributed by atoms with Crippen LogP contribution in [0.25, 0.3) is 5.76 Å². The summed E-state index contributed by atoms with van der Waals surface area (Å²) in [5, 5.41) is 21.0. The molecule has 38 heavy (non-hydrogen) atoms. The van der Waals surface area contributed by atoms with Crippen molar-refractivity contribution in [1.29, 1.82) is 0 Å². The van der Waals surface area contributed by atoms with Gasteiger partial charge < -0.3 is 24.6 Å². The number of likely N-dealkylation sites (tertiary alicyclic amines) is 1. The summed E-state index contributed by atoms with van der Waals surface area (Å²) in [4.78, 5) is 39.6. The Morgan fingerprint density at radius 2 is 1.53 bits per heavy atom. The molecule has 8 heteroatoms. The van der Waals surface area contributed by atoms with Gasteiger partial charge in [-0.15, -0.1) is 0 Å². The molecule has 196 valence electrons. The number of amides is 1. The minimum atomic E-state index is -0.896. The molecular weight excluding hydrogens is 486 g/mol. The number of ketones is 1. The fraction of sp³-hybridized carbons (Fsp3) is 0.233. The molecule has 1 amide bonds. The Bertz CT molecular complexity index is 1360. The van der Waals surface area contributed by atoms with E-state index in [1.807, 2.05) is 13.8 Å². The standard InChI is InChI=1S/C30H29NO7/c1-18(2)17-38-24-14-10-21(11-15-24)27(33)25-26(20-8-12-23(32)13-9-20)31(29(35)28(25)34)16-19-4-6-22(7-5-19)30(36)37-3/h4-15,18,26,32-33H,16-17H2,1-3H3/b27-25+. The predicted octanol–water partition coefficient (Wildman–Crippen LogP) is 4.84. The third-order valence-corrected chi connectivity index (χ3v) is 6.19. The summed E-state index contributed by atoms with van der Waals surface area (Å²) in [6.07, 6.45) is 0. The molecule has 0 aliphatic carbocycles. The fourth-order valence-electron chi connectivity index (χ4n) is 4.23. The Balaban J connectivity index is 1.72. The van der Waals surface area contributed by atoms with Gasteiger partial charge in [0, 0.05) is 12.1 Å². The molecule has 8 nitrogen and oxygen atoms in total. The summed E-state index contributed by atoms with van der Waals surface area (Å²) < 4.78 is 10.4. The maximum atomic E-state index is 13.3. The molecule has 1 saturated heterocycles. The van der Waals surface area contributed by atoms with Crippen LogP contribution in [0.2, 0.25) is 0 Å². The number of carbonyl (C=O) groups is 3. The van der Waals surface area contributed by atoms with E-state index in [2.05, 4.69) is 0 Å². The van der Waals surface area contributed by atoms with Gasteiger partial charge in [0.15, 0.2) is 0 Å². The van der Waals surface area contributed by atoms with Crippen LogP contribution in [0.1, 0.15) is 46.9 Å². The van der Waals surface area contributed by atoms with Crippen molar-refractivity contribution in [3.8, 4) is 11.5 Å². The molecule has 1 fully saturated rings. The lowest BCUT2D eigenvalue weighted by Gasteiger charge is -2.25. The average Bonchev–Trinajstić information content (AvgIpc) is 3.17. The molecule has 0 aromatic heterocycles. The van der Waals surface area contributed by atoms with E-state index >= 15 is 0 Å². The first-order chi connectivity index (χ1) is 18.2. The van der Waals surface area contributed by atoms with Crippen molar-refractivity contribution in [3.05, 3.63) is 101 Å². The van der Waals surface area contributed by atoms with Crippen LogP contribution in [0.5, 0.6) is 11.5 Å². The maximum Gasteiger partial charge on any atom is 0.337 e. The zero-order chi connectivity index (χ0) is 27.4. The number of phenols is 1. The molecular formula is C30H29NO7. The van der Waals surface area contributed by atoms with Crippen LogP contribution < -0.4 is 4.74 Å². The van der Waals surface area contributed by atoms with Crippen LogP contribution in [0, 0.1) is 5.92 Å². The van der Waals surface area contributed by atoms with Crippen LogP contribution in [-0.2, 0) is 20.9 Å². The Kier molecular flexibility index (Phi) is 7.81. The molecule has 1 heterocycles. The van der Waals surface area contributed by atoms with Crippen LogP contribution in [0.3, 0.4) is 0 Å². The Labute approximate surface area is 220 Å². The number of Topliss-reactive ketones (excluding diaryl/α,β-unsaturated/α-hetero) is 1. The smallest absolute Gasteiger partial charge is 0.337 e. The van der Waals surface area contributed by atoms with E-state index < -0.39 is 23.7 Å². The first-order valence-corrected chi connectivity index (χ1v) is 12.2. The monoisotopic (exact) mass is 515 g/mol. The summed E-state index contributed by atoms with van der Waals surface area (Å²) in [6, 6.07) is 18.4. The SMILES string of the molecule is COC(=O)c1ccc(CN2C(=O)C(=O)/C(=C(/O)c3ccc(OCC(C)C)cc3)C2c2ccc(O)cc2)cc1. The van der Waals surface area contributed by atoms with E-state index in [4.69, 9.17) is 9.47 Å². The van der Waals surface area contributed by atoms with E-state index in [9.17, 15) is 24.6 Å². The van der Waals surface area contributed by atoms with Crippen molar-refractivity contribution in [2.45, 2.75) is 26.4 Å². The lowest BCUT2D eigenvalue weighted by molar-refractivity contribution is -0.140. The zero-order valence-corrected chi connectivity index (χ0v) is 21.4. The molecule has 1 aliphatic rings. The molecule has 0 bridgehead atoms. The normalized spacial score (nSPS) is 16.6. The molecule has 0 saturated carbocycles. The Morgan fingerprint density at radius 1 is 0.921 bits per heavy atom. The number of nitrogens with zero attached hydrogens (tertiary/aromatic N) is 1. The lowest BCUT2D eigenvalue weighted by atomic mass is 9.95. The zero-order valence-electron chi connectivity index (χ0n) is 21.4. The van der Waals surface area contributed by atoms with E-state index in [0.29, 0.717) is 40.5 Å². The number of aromatic hydroxyl groups is 1. The number of rotatable bonds is 8. The first kappa shape index (κ1) is 26.5. The number of esters is 1. The third kappa shape index (κ3) is 5.54. The summed E-state index contributed by atoms with van der Waals surface area (Å²) in [6.45, 7) is 4.67. The molecule has 2 N–H and O–H groups in total. The van der Waals surface area contributed by atoms with Gasteiger partial charge in [-0.2, -0.15) is 0 Å². The minimum Gasteiger partial charge on any atom is -0.508 e. The van der Waals surface area contributed by atoms with Gasteiger partial charge in [0.05, 0.1) is 30.9 Å². The fourth-order valence-corrected chi connectivity index (χ4v) is 4.23. The number of benzene rings is 3. The van der Waals surface area contributed by atoms with Crippen molar-refractivity contribution in [2.24, 2.45) is 5.92 Å². The van der Waals surface area contributed by atoms with Gasteiger partial charge in [0.1, 0.15) is 17.3 Å². The van der Waals surface area contributed by atoms with Gasteiger partial charge in [-0.05, 0) is 65.6 Å². The molecule has 3 aromatic carbocycles. The summed E-state index contributed by atoms with van der Waals surface area (Å²) in [5.41, 5.74) is 1.89. The second kappa shape index (κ2) is 11.2. The molecule has 0 radical (unpaired) electrons. The van der Waals surface area contributed by atoms with Crippen LogP contribution in [0.4, 0.5) is 0 Å². The van der Waals surface area contributed by atoms with Crippen molar-refractivity contribution < 1.29 is 34.1 Å². The second-order valence-corrected chi connectivity index (χ2v) is 9.44. The molecule has 0 spiro atoms. The van der Waals surface area contributed by atoms with E-state index in [1.54, 1.807) is 60.7 Å².